The lowest BCUT2D eigenvalue weighted by Crippen LogP contribution is -1.92. The van der Waals surface area contributed by atoms with E-state index >= 15 is 0 Å². The molecule has 0 spiro atoms. The van der Waals surface area contributed by atoms with Gasteiger partial charge in [-0.05, 0) is 62.9 Å². The van der Waals surface area contributed by atoms with Crippen LogP contribution in [0.1, 0.15) is 27.9 Å². The molecule has 1 heterocycles. The zero-order valence-corrected chi connectivity index (χ0v) is 9.58. The Hall–Kier alpha value is -1.24. The van der Waals surface area contributed by atoms with Crippen molar-refractivity contribution in [3.63, 3.8) is 0 Å². The van der Waals surface area contributed by atoms with Crippen LogP contribution in [0.3, 0.4) is 0 Å². The van der Waals surface area contributed by atoms with E-state index in [1.54, 1.807) is 0 Å². The highest BCUT2D eigenvalue weighted by Gasteiger charge is 2.09. The Labute approximate surface area is 85.1 Å². The largest absolute Gasteiger partial charge is 0.358 e. The minimum Gasteiger partial charge on any atom is -0.358 e. The molecule has 1 aromatic carbocycles. The average molecular weight is 187 g/mol. The standard InChI is InChI=1S/C13H17N/c1-7-6-12-10(4)8(2)9(3)11(5)13(12)14-7/h6,14H,1-5H3. The minimum absolute atomic E-state index is 1.25. The van der Waals surface area contributed by atoms with Crippen LogP contribution in [0.4, 0.5) is 0 Å². The number of fused-ring (bicyclic) bond motifs is 1. The predicted octanol–water partition coefficient (Wildman–Crippen LogP) is 3.71. The quantitative estimate of drug-likeness (QED) is 0.647. The fourth-order valence-corrected chi connectivity index (χ4v) is 2.13. The average Bonchev–Trinajstić information content (AvgIpc) is 2.54. The summed E-state index contributed by atoms with van der Waals surface area (Å²) in [6.07, 6.45) is 0. The number of nitrogens with one attached hydrogen (secondary N) is 1. The maximum absolute atomic E-state index is 3.44. The third-order valence-electron chi connectivity index (χ3n) is 3.42. The predicted molar refractivity (Wildman–Crippen MR) is 62.0 cm³/mol. The number of hydrogen-bond acceptors (Lipinski definition) is 0. The molecule has 0 aliphatic carbocycles. The van der Waals surface area contributed by atoms with E-state index in [0.29, 0.717) is 0 Å². The summed E-state index contributed by atoms with van der Waals surface area (Å²) in [5.74, 6) is 0. The Balaban J connectivity index is 3.01. The van der Waals surface area contributed by atoms with Crippen LogP contribution in [0.15, 0.2) is 6.07 Å². The summed E-state index contributed by atoms with van der Waals surface area (Å²) >= 11 is 0. The van der Waals surface area contributed by atoms with Gasteiger partial charge in [0.15, 0.2) is 0 Å². The molecule has 1 N–H and O–H groups in total. The monoisotopic (exact) mass is 187 g/mol. The molecule has 0 amide bonds. The number of H-pyrrole nitrogens is 1. The third-order valence-corrected chi connectivity index (χ3v) is 3.42. The van der Waals surface area contributed by atoms with E-state index in [9.17, 15) is 0 Å². The van der Waals surface area contributed by atoms with Crippen molar-refractivity contribution < 1.29 is 0 Å². The Morgan fingerprint density at radius 2 is 1.36 bits per heavy atom. The van der Waals surface area contributed by atoms with Gasteiger partial charge in [0.25, 0.3) is 0 Å². The first-order valence-corrected chi connectivity index (χ1v) is 5.08. The molecule has 2 aromatic rings. The van der Waals surface area contributed by atoms with Gasteiger partial charge in [0.05, 0.1) is 0 Å². The van der Waals surface area contributed by atoms with Gasteiger partial charge in [-0.2, -0.15) is 0 Å². The van der Waals surface area contributed by atoms with Gasteiger partial charge in [-0.25, -0.2) is 0 Å². The molecule has 0 atom stereocenters. The summed E-state index contributed by atoms with van der Waals surface area (Å²) < 4.78 is 0. The summed E-state index contributed by atoms with van der Waals surface area (Å²) in [4.78, 5) is 3.44. The van der Waals surface area contributed by atoms with Crippen molar-refractivity contribution >= 4 is 10.9 Å². The van der Waals surface area contributed by atoms with Crippen LogP contribution in [0, 0.1) is 34.6 Å². The van der Waals surface area contributed by atoms with Crippen LogP contribution in [0.25, 0.3) is 10.9 Å². The minimum atomic E-state index is 1.25. The van der Waals surface area contributed by atoms with E-state index in [1.165, 1.54) is 38.9 Å². The fraction of sp³-hybridized carbons (Fsp3) is 0.385. The SMILES string of the molecule is Cc1cc2c(C)c(C)c(C)c(C)c2[nH]1. The molecular formula is C13H17N. The van der Waals surface area contributed by atoms with Gasteiger partial charge in [-0.15, -0.1) is 0 Å². The molecule has 0 unspecified atom stereocenters. The molecule has 74 valence electrons. The molecule has 0 aliphatic rings. The molecule has 0 fully saturated rings. The molecule has 1 heteroatoms. The van der Waals surface area contributed by atoms with Gasteiger partial charge in [-0.1, -0.05) is 0 Å². The van der Waals surface area contributed by atoms with E-state index in [4.69, 9.17) is 0 Å². The Bertz CT molecular complexity index is 459. The maximum Gasteiger partial charge on any atom is 0.0491 e. The molecule has 0 aliphatic heterocycles. The number of hydrogen-bond donors (Lipinski definition) is 1. The number of rotatable bonds is 0. The number of aryl methyl sites for hydroxylation is 3. The zero-order chi connectivity index (χ0) is 10.5. The maximum atomic E-state index is 3.44. The summed E-state index contributed by atoms with van der Waals surface area (Å²) in [6, 6.07) is 2.24. The lowest BCUT2D eigenvalue weighted by Gasteiger charge is -2.10. The van der Waals surface area contributed by atoms with Gasteiger partial charge < -0.3 is 4.98 Å². The Morgan fingerprint density at radius 1 is 0.786 bits per heavy atom. The fourth-order valence-electron chi connectivity index (χ4n) is 2.13. The van der Waals surface area contributed by atoms with E-state index in [2.05, 4.69) is 45.7 Å². The summed E-state index contributed by atoms with van der Waals surface area (Å²) in [7, 11) is 0. The lowest BCUT2D eigenvalue weighted by atomic mass is 9.96. The first-order valence-electron chi connectivity index (χ1n) is 5.08. The van der Waals surface area contributed by atoms with Gasteiger partial charge in [0, 0.05) is 16.6 Å². The van der Waals surface area contributed by atoms with Crippen molar-refractivity contribution in [3.05, 3.63) is 34.0 Å². The van der Waals surface area contributed by atoms with Gasteiger partial charge in [0.1, 0.15) is 0 Å². The van der Waals surface area contributed by atoms with Crippen LogP contribution in [-0.4, -0.2) is 4.98 Å². The van der Waals surface area contributed by atoms with E-state index < -0.39 is 0 Å². The first-order chi connectivity index (χ1) is 6.52. The Kier molecular flexibility index (Phi) is 1.91. The van der Waals surface area contributed by atoms with Crippen LogP contribution < -0.4 is 0 Å². The van der Waals surface area contributed by atoms with Crippen molar-refractivity contribution in [2.45, 2.75) is 34.6 Å². The normalized spacial score (nSPS) is 11.2. The van der Waals surface area contributed by atoms with Crippen LogP contribution in [-0.2, 0) is 0 Å². The van der Waals surface area contributed by atoms with Crippen molar-refractivity contribution in [2.75, 3.05) is 0 Å². The molecule has 0 bridgehead atoms. The third kappa shape index (κ3) is 1.08. The topological polar surface area (TPSA) is 15.8 Å². The molecule has 0 saturated carbocycles. The lowest BCUT2D eigenvalue weighted by molar-refractivity contribution is 1.23. The molecule has 0 saturated heterocycles. The number of benzene rings is 1. The van der Waals surface area contributed by atoms with Crippen molar-refractivity contribution in [1.29, 1.82) is 0 Å². The molecule has 0 radical (unpaired) electrons. The second-order valence-electron chi connectivity index (χ2n) is 4.24. The van der Waals surface area contributed by atoms with Gasteiger partial charge in [-0.3, -0.25) is 0 Å². The van der Waals surface area contributed by atoms with Crippen molar-refractivity contribution in [3.8, 4) is 0 Å². The highest BCUT2D eigenvalue weighted by Crippen LogP contribution is 2.28. The number of aromatic amines is 1. The molecule has 1 nitrogen and oxygen atoms in total. The van der Waals surface area contributed by atoms with Gasteiger partial charge >= 0.3 is 0 Å². The van der Waals surface area contributed by atoms with Crippen LogP contribution in [0.5, 0.6) is 0 Å². The zero-order valence-electron chi connectivity index (χ0n) is 9.58. The summed E-state index contributed by atoms with van der Waals surface area (Å²) in [5, 5.41) is 1.38. The van der Waals surface area contributed by atoms with Crippen molar-refractivity contribution in [2.24, 2.45) is 0 Å². The van der Waals surface area contributed by atoms with Crippen LogP contribution in [0.2, 0.25) is 0 Å². The van der Waals surface area contributed by atoms with E-state index in [1.807, 2.05) is 0 Å². The van der Waals surface area contributed by atoms with Gasteiger partial charge in [0.2, 0.25) is 0 Å². The van der Waals surface area contributed by atoms with Crippen molar-refractivity contribution in [1.82, 2.24) is 4.98 Å². The molecule has 1 aromatic heterocycles. The second-order valence-corrected chi connectivity index (χ2v) is 4.24. The molecule has 14 heavy (non-hydrogen) atoms. The smallest absolute Gasteiger partial charge is 0.0491 e. The number of aromatic nitrogens is 1. The highest BCUT2D eigenvalue weighted by atomic mass is 14.7. The summed E-state index contributed by atoms with van der Waals surface area (Å²) in [5.41, 5.74) is 8.19. The first kappa shape index (κ1) is 9.32. The van der Waals surface area contributed by atoms with E-state index in [-0.39, 0.29) is 0 Å². The highest BCUT2D eigenvalue weighted by molar-refractivity contribution is 5.88. The molecule has 2 rings (SSSR count). The van der Waals surface area contributed by atoms with Crippen LogP contribution >= 0.6 is 0 Å². The van der Waals surface area contributed by atoms with E-state index in [0.717, 1.165) is 0 Å². The second kappa shape index (κ2) is 2.88. The molecular weight excluding hydrogens is 170 g/mol. The Morgan fingerprint density at radius 3 is 2.00 bits per heavy atom. The summed E-state index contributed by atoms with van der Waals surface area (Å²) in [6.45, 7) is 10.9.